The van der Waals surface area contributed by atoms with Crippen LogP contribution in [-0.2, 0) is 16.1 Å². The zero-order valence-corrected chi connectivity index (χ0v) is 13.7. The normalized spacial score (nSPS) is 22.0. The number of carbonyl (C=O) groups is 1. The van der Waals surface area contributed by atoms with Gasteiger partial charge >= 0.3 is 6.09 Å². The van der Waals surface area contributed by atoms with Crippen LogP contribution in [0.25, 0.3) is 0 Å². The number of nitrogens with zero attached hydrogens (tertiary/aromatic N) is 1. The van der Waals surface area contributed by atoms with E-state index >= 15 is 0 Å². The number of amides is 1. The van der Waals surface area contributed by atoms with Crippen LogP contribution < -0.4 is 0 Å². The Balaban J connectivity index is 1.91. The minimum absolute atomic E-state index is 0.200. The van der Waals surface area contributed by atoms with E-state index in [1.807, 2.05) is 27.7 Å². The Kier molecular flexibility index (Phi) is 4.75. The van der Waals surface area contributed by atoms with Crippen molar-refractivity contribution in [3.8, 4) is 0 Å². The van der Waals surface area contributed by atoms with Crippen molar-refractivity contribution in [3.05, 3.63) is 35.6 Å². The molecule has 0 spiro atoms. The molecule has 0 aliphatic carbocycles. The second kappa shape index (κ2) is 6.24. The number of hydrogen-bond acceptors (Lipinski definition) is 3. The van der Waals surface area contributed by atoms with E-state index < -0.39 is 11.2 Å². The summed E-state index contributed by atoms with van der Waals surface area (Å²) in [5.74, 6) is -0.270. The van der Waals surface area contributed by atoms with Gasteiger partial charge in [0.05, 0.1) is 18.8 Å². The predicted molar refractivity (Wildman–Crippen MR) is 82.0 cm³/mol. The average molecular weight is 309 g/mol. The third-order valence-electron chi connectivity index (χ3n) is 3.62. The van der Waals surface area contributed by atoms with Crippen molar-refractivity contribution >= 4 is 6.09 Å². The summed E-state index contributed by atoms with van der Waals surface area (Å²) >= 11 is 0. The summed E-state index contributed by atoms with van der Waals surface area (Å²) in [6.45, 7) is 8.71. The third kappa shape index (κ3) is 4.44. The predicted octanol–water partition coefficient (Wildman–Crippen LogP) is 3.74. The largest absolute Gasteiger partial charge is 0.444 e. The second-order valence-corrected chi connectivity index (χ2v) is 6.98. The van der Waals surface area contributed by atoms with Crippen molar-refractivity contribution in [2.45, 2.75) is 51.9 Å². The lowest BCUT2D eigenvalue weighted by molar-refractivity contribution is -0.0383. The van der Waals surface area contributed by atoms with Crippen molar-refractivity contribution in [1.29, 1.82) is 0 Å². The van der Waals surface area contributed by atoms with Crippen LogP contribution in [0.5, 0.6) is 0 Å². The van der Waals surface area contributed by atoms with Gasteiger partial charge in [-0.25, -0.2) is 9.18 Å². The summed E-state index contributed by atoms with van der Waals surface area (Å²) in [5, 5.41) is 0. The molecular formula is C17H24FNO3. The quantitative estimate of drug-likeness (QED) is 0.853. The molecule has 5 heteroatoms. The summed E-state index contributed by atoms with van der Waals surface area (Å²) in [5.41, 5.74) is -0.456. The second-order valence-electron chi connectivity index (χ2n) is 6.98. The molecule has 1 aliphatic heterocycles. The molecule has 1 aliphatic rings. The lowest BCUT2D eigenvalue weighted by Gasteiger charge is -2.27. The van der Waals surface area contributed by atoms with Crippen LogP contribution in [-0.4, -0.2) is 35.3 Å². The lowest BCUT2D eigenvalue weighted by Crippen LogP contribution is -2.39. The molecule has 1 aromatic carbocycles. The topological polar surface area (TPSA) is 38.8 Å². The molecule has 1 heterocycles. The maximum Gasteiger partial charge on any atom is 0.410 e. The Morgan fingerprint density at radius 3 is 2.68 bits per heavy atom. The average Bonchev–Trinajstić information content (AvgIpc) is 2.79. The van der Waals surface area contributed by atoms with Gasteiger partial charge in [-0.15, -0.1) is 0 Å². The molecule has 1 aromatic rings. The number of likely N-dealkylation sites (tertiary alicyclic amines) is 1. The highest BCUT2D eigenvalue weighted by Crippen LogP contribution is 2.27. The molecule has 1 fully saturated rings. The minimum atomic E-state index is -0.510. The summed E-state index contributed by atoms with van der Waals surface area (Å²) in [6.07, 6.45) is 0.381. The summed E-state index contributed by atoms with van der Waals surface area (Å²) in [4.78, 5) is 13.7. The van der Waals surface area contributed by atoms with Crippen LogP contribution >= 0.6 is 0 Å². The summed E-state index contributed by atoms with van der Waals surface area (Å²) in [6, 6.07) is 6.56. The van der Waals surface area contributed by atoms with E-state index in [0.717, 1.165) is 0 Å². The van der Waals surface area contributed by atoms with Crippen LogP contribution in [0.15, 0.2) is 24.3 Å². The Bertz CT molecular complexity index is 541. The van der Waals surface area contributed by atoms with E-state index in [-0.39, 0.29) is 18.5 Å². The van der Waals surface area contributed by atoms with Crippen LogP contribution in [0.3, 0.4) is 0 Å². The first kappa shape index (κ1) is 16.7. The maximum absolute atomic E-state index is 13.6. The minimum Gasteiger partial charge on any atom is -0.444 e. The summed E-state index contributed by atoms with van der Waals surface area (Å²) < 4.78 is 24.9. The molecule has 0 radical (unpaired) electrons. The third-order valence-corrected chi connectivity index (χ3v) is 3.62. The molecule has 0 aromatic heterocycles. The molecule has 122 valence electrons. The number of ether oxygens (including phenoxy) is 2. The van der Waals surface area contributed by atoms with Gasteiger partial charge < -0.3 is 14.4 Å². The van der Waals surface area contributed by atoms with Crippen molar-refractivity contribution in [2.75, 3.05) is 13.1 Å². The van der Waals surface area contributed by atoms with Crippen molar-refractivity contribution < 1.29 is 18.7 Å². The van der Waals surface area contributed by atoms with E-state index in [1.54, 1.807) is 23.1 Å². The number of carbonyl (C=O) groups excluding carboxylic acids is 1. The highest BCUT2D eigenvalue weighted by atomic mass is 19.1. The van der Waals surface area contributed by atoms with Crippen LogP contribution in [0, 0.1) is 5.82 Å². The fourth-order valence-electron chi connectivity index (χ4n) is 2.40. The van der Waals surface area contributed by atoms with Crippen LogP contribution in [0.1, 0.15) is 39.7 Å². The Morgan fingerprint density at radius 1 is 1.36 bits per heavy atom. The van der Waals surface area contributed by atoms with Crippen molar-refractivity contribution in [3.63, 3.8) is 0 Å². The van der Waals surface area contributed by atoms with Gasteiger partial charge in [0.25, 0.3) is 0 Å². The smallest absolute Gasteiger partial charge is 0.410 e. The first-order chi connectivity index (χ1) is 10.2. The van der Waals surface area contributed by atoms with Gasteiger partial charge in [-0.1, -0.05) is 18.2 Å². The standard InChI is InChI=1S/C17H24FNO3/c1-16(2,3)22-15(20)19-10-9-17(4,12-19)21-11-13-7-5-6-8-14(13)18/h5-8H,9-12H2,1-4H3. The van der Waals surface area contributed by atoms with E-state index in [2.05, 4.69) is 0 Å². The molecule has 1 unspecified atom stereocenters. The number of halogens is 1. The van der Waals surface area contributed by atoms with E-state index in [4.69, 9.17) is 9.47 Å². The highest BCUT2D eigenvalue weighted by Gasteiger charge is 2.38. The maximum atomic E-state index is 13.6. The monoisotopic (exact) mass is 309 g/mol. The Hall–Kier alpha value is -1.62. The van der Waals surface area contributed by atoms with Crippen molar-refractivity contribution in [2.24, 2.45) is 0 Å². The van der Waals surface area contributed by atoms with Crippen LogP contribution in [0.4, 0.5) is 9.18 Å². The Morgan fingerprint density at radius 2 is 2.05 bits per heavy atom. The van der Waals surface area contributed by atoms with Gasteiger partial charge in [-0.2, -0.15) is 0 Å². The molecule has 1 amide bonds. The molecule has 1 atom stereocenters. The van der Waals surface area contributed by atoms with Gasteiger partial charge in [0, 0.05) is 12.1 Å². The number of hydrogen-bond donors (Lipinski definition) is 0. The highest BCUT2D eigenvalue weighted by molar-refractivity contribution is 5.68. The number of rotatable bonds is 3. The zero-order chi connectivity index (χ0) is 16.4. The fourth-order valence-corrected chi connectivity index (χ4v) is 2.40. The molecule has 2 rings (SSSR count). The molecule has 22 heavy (non-hydrogen) atoms. The zero-order valence-electron chi connectivity index (χ0n) is 13.7. The summed E-state index contributed by atoms with van der Waals surface area (Å²) in [7, 11) is 0. The van der Waals surface area contributed by atoms with Gasteiger partial charge in [-0.05, 0) is 40.2 Å². The molecular weight excluding hydrogens is 285 g/mol. The van der Waals surface area contributed by atoms with E-state index in [9.17, 15) is 9.18 Å². The van der Waals surface area contributed by atoms with Gasteiger partial charge in [0.1, 0.15) is 11.4 Å². The first-order valence-electron chi connectivity index (χ1n) is 7.54. The lowest BCUT2D eigenvalue weighted by atomic mass is 10.1. The van der Waals surface area contributed by atoms with Gasteiger partial charge in [0.2, 0.25) is 0 Å². The first-order valence-corrected chi connectivity index (χ1v) is 7.54. The number of benzene rings is 1. The SMILES string of the molecule is CC(C)(C)OC(=O)N1CCC(C)(OCc2ccccc2F)C1. The molecule has 0 saturated carbocycles. The molecule has 4 nitrogen and oxygen atoms in total. The molecule has 1 saturated heterocycles. The Labute approximate surface area is 131 Å². The molecule has 0 N–H and O–H groups in total. The van der Waals surface area contributed by atoms with E-state index in [0.29, 0.717) is 25.1 Å². The van der Waals surface area contributed by atoms with E-state index in [1.165, 1.54) is 6.07 Å². The van der Waals surface area contributed by atoms with Gasteiger partial charge in [0.15, 0.2) is 0 Å². The van der Waals surface area contributed by atoms with Gasteiger partial charge in [-0.3, -0.25) is 0 Å². The molecule has 0 bridgehead atoms. The van der Waals surface area contributed by atoms with Crippen LogP contribution in [0.2, 0.25) is 0 Å². The fraction of sp³-hybridized carbons (Fsp3) is 0.588. The van der Waals surface area contributed by atoms with Crippen molar-refractivity contribution in [1.82, 2.24) is 4.90 Å².